The zero-order valence-corrected chi connectivity index (χ0v) is 8.71. The Balaban J connectivity index is 2.92. The Labute approximate surface area is 91.5 Å². The fraction of sp³-hybridized carbons (Fsp3) is 0.375. The minimum absolute atomic E-state index is 0.0862. The highest BCUT2D eigenvalue weighted by atomic mass is 16.5. The van der Waals surface area contributed by atoms with Crippen molar-refractivity contribution in [2.75, 3.05) is 13.7 Å². The Morgan fingerprint density at radius 2 is 2.38 bits per heavy atom. The molecule has 8 heteroatoms. The smallest absolute Gasteiger partial charge is 0.261 e. The molecule has 1 aromatic rings. The van der Waals surface area contributed by atoms with Crippen molar-refractivity contribution in [1.29, 1.82) is 0 Å². The molecule has 1 unspecified atom stereocenters. The van der Waals surface area contributed by atoms with Gasteiger partial charge in [0.25, 0.3) is 11.8 Å². The van der Waals surface area contributed by atoms with Crippen molar-refractivity contribution in [1.82, 2.24) is 15.2 Å². The molecule has 0 saturated carbocycles. The molecule has 2 amide bonds. The molecule has 0 aliphatic rings. The van der Waals surface area contributed by atoms with Gasteiger partial charge in [-0.1, -0.05) is 0 Å². The van der Waals surface area contributed by atoms with Gasteiger partial charge >= 0.3 is 0 Å². The first-order valence-electron chi connectivity index (χ1n) is 4.43. The topological polar surface area (TPSA) is 125 Å². The number of methoxy groups -OCH3 is 1. The van der Waals surface area contributed by atoms with Crippen molar-refractivity contribution in [2.45, 2.75) is 6.04 Å². The van der Waals surface area contributed by atoms with Crippen LogP contribution in [-0.2, 0) is 9.53 Å². The average molecular weight is 227 g/mol. The first-order valence-corrected chi connectivity index (χ1v) is 4.43. The first-order chi connectivity index (χ1) is 7.60. The van der Waals surface area contributed by atoms with Crippen molar-refractivity contribution >= 4 is 11.8 Å². The number of nitrogens with one attached hydrogen (secondary N) is 1. The maximum atomic E-state index is 11.4. The van der Waals surface area contributed by atoms with Crippen LogP contribution in [0.25, 0.3) is 0 Å². The Bertz CT molecular complexity index is 389. The Morgan fingerprint density at radius 3 is 2.81 bits per heavy atom. The molecule has 0 aliphatic carbocycles. The lowest BCUT2D eigenvalue weighted by Crippen LogP contribution is -2.39. The standard InChI is InChI=1S/C8H13N5O3/c1-16-4-6(8(15)12-10)13-3-5(2-11-13)7(9)14/h2-3,6H,4,10H2,1H3,(H2,9,14)(H,12,15). The summed E-state index contributed by atoms with van der Waals surface area (Å²) in [6, 6.07) is -0.733. The molecule has 0 spiro atoms. The summed E-state index contributed by atoms with van der Waals surface area (Å²) < 4.78 is 6.13. The summed E-state index contributed by atoms with van der Waals surface area (Å²) in [7, 11) is 1.44. The van der Waals surface area contributed by atoms with Gasteiger partial charge < -0.3 is 10.5 Å². The number of aromatic nitrogens is 2. The van der Waals surface area contributed by atoms with Gasteiger partial charge in [0, 0.05) is 13.3 Å². The highest BCUT2D eigenvalue weighted by molar-refractivity contribution is 5.92. The largest absolute Gasteiger partial charge is 0.382 e. The zero-order valence-electron chi connectivity index (χ0n) is 8.71. The van der Waals surface area contributed by atoms with Gasteiger partial charge in [0.1, 0.15) is 0 Å². The quantitative estimate of drug-likeness (QED) is 0.309. The molecule has 16 heavy (non-hydrogen) atoms. The molecular formula is C8H13N5O3. The maximum Gasteiger partial charge on any atom is 0.261 e. The normalized spacial score (nSPS) is 12.1. The van der Waals surface area contributed by atoms with Gasteiger partial charge in [0.15, 0.2) is 6.04 Å². The van der Waals surface area contributed by atoms with Crippen LogP contribution in [0.1, 0.15) is 16.4 Å². The molecule has 0 bridgehead atoms. The lowest BCUT2D eigenvalue weighted by molar-refractivity contribution is -0.126. The number of nitrogens with zero attached hydrogens (tertiary/aromatic N) is 2. The third-order valence-electron chi connectivity index (χ3n) is 1.97. The molecule has 0 aromatic carbocycles. The predicted octanol–water partition coefficient (Wildman–Crippen LogP) is -1.84. The highest BCUT2D eigenvalue weighted by Crippen LogP contribution is 2.07. The van der Waals surface area contributed by atoms with Crippen LogP contribution in [0.2, 0.25) is 0 Å². The van der Waals surface area contributed by atoms with Crippen molar-refractivity contribution in [2.24, 2.45) is 11.6 Å². The average Bonchev–Trinajstić information content (AvgIpc) is 2.74. The van der Waals surface area contributed by atoms with E-state index >= 15 is 0 Å². The van der Waals surface area contributed by atoms with Gasteiger partial charge in [0.05, 0.1) is 18.4 Å². The molecular weight excluding hydrogens is 214 g/mol. The summed E-state index contributed by atoms with van der Waals surface area (Å²) in [4.78, 5) is 22.2. The predicted molar refractivity (Wildman–Crippen MR) is 54.0 cm³/mol. The fourth-order valence-corrected chi connectivity index (χ4v) is 1.16. The van der Waals surface area contributed by atoms with E-state index in [1.165, 1.54) is 24.2 Å². The molecule has 8 nitrogen and oxygen atoms in total. The van der Waals surface area contributed by atoms with Crippen LogP contribution in [0.15, 0.2) is 12.4 Å². The van der Waals surface area contributed by atoms with Gasteiger partial charge in [-0.15, -0.1) is 0 Å². The van der Waals surface area contributed by atoms with E-state index in [0.717, 1.165) is 0 Å². The number of rotatable bonds is 5. The molecule has 1 heterocycles. The number of ether oxygens (including phenoxy) is 1. The lowest BCUT2D eigenvalue weighted by atomic mass is 10.3. The van der Waals surface area contributed by atoms with E-state index in [0.29, 0.717) is 0 Å². The highest BCUT2D eigenvalue weighted by Gasteiger charge is 2.21. The van der Waals surface area contributed by atoms with Crippen LogP contribution in [0, 0.1) is 0 Å². The van der Waals surface area contributed by atoms with E-state index in [1.54, 1.807) is 0 Å². The summed E-state index contributed by atoms with van der Waals surface area (Å²) in [6.07, 6.45) is 2.63. The number of hydrogen-bond donors (Lipinski definition) is 3. The van der Waals surface area contributed by atoms with Gasteiger partial charge in [0.2, 0.25) is 0 Å². The SMILES string of the molecule is COCC(C(=O)NN)n1cc(C(N)=O)cn1. The zero-order chi connectivity index (χ0) is 12.1. The second-order valence-electron chi connectivity index (χ2n) is 3.05. The minimum Gasteiger partial charge on any atom is -0.382 e. The molecule has 88 valence electrons. The third kappa shape index (κ3) is 2.55. The Morgan fingerprint density at radius 1 is 1.69 bits per heavy atom. The van der Waals surface area contributed by atoms with Crippen LogP contribution < -0.4 is 17.0 Å². The molecule has 1 rings (SSSR count). The van der Waals surface area contributed by atoms with Crippen LogP contribution in [-0.4, -0.2) is 35.3 Å². The number of carbonyl (C=O) groups excluding carboxylic acids is 2. The molecule has 0 fully saturated rings. The van der Waals surface area contributed by atoms with Crippen molar-refractivity contribution in [3.05, 3.63) is 18.0 Å². The van der Waals surface area contributed by atoms with E-state index < -0.39 is 17.9 Å². The van der Waals surface area contributed by atoms with Crippen molar-refractivity contribution < 1.29 is 14.3 Å². The monoisotopic (exact) mass is 227 g/mol. The molecule has 0 aliphatic heterocycles. The van der Waals surface area contributed by atoms with E-state index in [9.17, 15) is 9.59 Å². The third-order valence-corrected chi connectivity index (χ3v) is 1.97. The number of amides is 2. The Hall–Kier alpha value is -1.93. The molecule has 1 aromatic heterocycles. The fourth-order valence-electron chi connectivity index (χ4n) is 1.16. The Kier molecular flexibility index (Phi) is 3.97. The molecule has 0 radical (unpaired) electrons. The van der Waals surface area contributed by atoms with Crippen LogP contribution >= 0.6 is 0 Å². The molecule has 1 atom stereocenters. The lowest BCUT2D eigenvalue weighted by Gasteiger charge is -2.14. The van der Waals surface area contributed by atoms with E-state index in [-0.39, 0.29) is 12.2 Å². The summed E-state index contributed by atoms with van der Waals surface area (Å²) >= 11 is 0. The number of nitrogens with two attached hydrogens (primary N) is 2. The summed E-state index contributed by atoms with van der Waals surface area (Å²) in [5.74, 6) is 3.93. The van der Waals surface area contributed by atoms with Crippen LogP contribution in [0.5, 0.6) is 0 Å². The van der Waals surface area contributed by atoms with Gasteiger partial charge in [-0.3, -0.25) is 19.7 Å². The minimum atomic E-state index is -0.733. The van der Waals surface area contributed by atoms with Crippen molar-refractivity contribution in [3.63, 3.8) is 0 Å². The first kappa shape index (κ1) is 12.1. The van der Waals surface area contributed by atoms with Gasteiger partial charge in [-0.25, -0.2) is 5.84 Å². The van der Waals surface area contributed by atoms with E-state index in [1.807, 2.05) is 5.43 Å². The maximum absolute atomic E-state index is 11.4. The van der Waals surface area contributed by atoms with E-state index in [2.05, 4.69) is 5.10 Å². The van der Waals surface area contributed by atoms with Gasteiger partial charge in [-0.2, -0.15) is 5.10 Å². The van der Waals surface area contributed by atoms with Gasteiger partial charge in [-0.05, 0) is 0 Å². The molecule has 5 N–H and O–H groups in total. The van der Waals surface area contributed by atoms with Crippen LogP contribution in [0.3, 0.4) is 0 Å². The van der Waals surface area contributed by atoms with E-state index in [4.69, 9.17) is 16.3 Å². The second kappa shape index (κ2) is 5.24. The summed E-state index contributed by atoms with van der Waals surface area (Å²) in [5.41, 5.74) is 7.27. The second-order valence-corrected chi connectivity index (χ2v) is 3.05. The number of hydrazine groups is 1. The summed E-state index contributed by atoms with van der Waals surface area (Å²) in [5, 5.41) is 3.84. The summed E-state index contributed by atoms with van der Waals surface area (Å²) in [6.45, 7) is 0.0862. The number of carbonyl (C=O) groups is 2. The number of primary amides is 1. The van der Waals surface area contributed by atoms with Crippen molar-refractivity contribution in [3.8, 4) is 0 Å². The molecule has 0 saturated heterocycles. The number of hydrogen-bond acceptors (Lipinski definition) is 5. The van der Waals surface area contributed by atoms with Crippen LogP contribution in [0.4, 0.5) is 0 Å².